The number of fused-ring (bicyclic) bond motifs is 4. The molecule has 0 atom stereocenters. The summed E-state index contributed by atoms with van der Waals surface area (Å²) in [5.74, 6) is 3.06. The average molecular weight is 568 g/mol. The lowest BCUT2D eigenvalue weighted by Crippen LogP contribution is -2.40. The molecule has 41 heavy (non-hydrogen) atoms. The van der Waals surface area contributed by atoms with Crippen LogP contribution in [0.15, 0.2) is 36.5 Å². The topological polar surface area (TPSA) is 93.2 Å². The van der Waals surface area contributed by atoms with Crippen LogP contribution in [0.5, 0.6) is 23.0 Å². The van der Waals surface area contributed by atoms with Crippen LogP contribution in [0.25, 0.3) is 22.0 Å². The van der Waals surface area contributed by atoms with Crippen LogP contribution in [0.1, 0.15) is 69.8 Å². The van der Waals surface area contributed by atoms with Gasteiger partial charge in [-0.25, -0.2) is 0 Å². The molecule has 1 aromatic heterocycles. The van der Waals surface area contributed by atoms with Crippen molar-refractivity contribution < 1.29 is 33.4 Å². The van der Waals surface area contributed by atoms with E-state index in [0.29, 0.717) is 6.61 Å². The molecular formula is C32H43N2O7+. The molecule has 2 aromatic carbocycles. The van der Waals surface area contributed by atoms with E-state index in [9.17, 15) is 10.1 Å². The van der Waals surface area contributed by atoms with Gasteiger partial charge in [-0.05, 0) is 48.1 Å². The smallest absolute Gasteiger partial charge is 0.294 e. The van der Waals surface area contributed by atoms with Crippen LogP contribution in [0.2, 0.25) is 0 Å². The Labute approximate surface area is 242 Å². The third-order valence-corrected chi connectivity index (χ3v) is 7.79. The third-order valence-electron chi connectivity index (χ3n) is 7.79. The number of ether oxygens (including phenoxy) is 4. The fraction of sp³-hybridized carbons (Fsp3) is 0.531. The zero-order valence-corrected chi connectivity index (χ0v) is 24.6. The van der Waals surface area contributed by atoms with E-state index in [1.54, 1.807) is 21.3 Å². The number of rotatable bonds is 18. The molecule has 0 saturated heterocycles. The molecule has 222 valence electrons. The fourth-order valence-electron chi connectivity index (χ4n) is 5.58. The Hall–Kier alpha value is -3.75. The van der Waals surface area contributed by atoms with E-state index in [-0.39, 0.29) is 6.61 Å². The van der Waals surface area contributed by atoms with Gasteiger partial charge in [-0.15, -0.1) is 10.1 Å². The normalized spacial score (nSPS) is 12.0. The second kappa shape index (κ2) is 15.3. The lowest BCUT2D eigenvalue weighted by Gasteiger charge is -2.19. The predicted molar refractivity (Wildman–Crippen MR) is 158 cm³/mol. The standard InChI is InChI=1S/C32H43N2O7/c1-37-29-15-14-24-20-28-26-22-31(39-3)30(38-2)21-25(26)16-17-33(28)23-27(24)32(29)40-18-12-10-8-6-4-5-7-9-11-13-19-41-34(35)36/h14-15,20-23H,4-13,16-19H2,1-3H3/q+1. The molecule has 4 rings (SSSR count). The Morgan fingerprint density at radius 3 is 2.02 bits per heavy atom. The molecule has 0 unspecified atom stereocenters. The molecule has 0 radical (unpaired) electrons. The van der Waals surface area contributed by atoms with Crippen molar-refractivity contribution in [2.45, 2.75) is 77.2 Å². The van der Waals surface area contributed by atoms with E-state index < -0.39 is 5.09 Å². The van der Waals surface area contributed by atoms with E-state index >= 15 is 0 Å². The molecule has 1 aliphatic heterocycles. The molecule has 3 aromatic rings. The van der Waals surface area contributed by atoms with Gasteiger partial charge in [0, 0.05) is 12.5 Å². The van der Waals surface area contributed by atoms with Crippen LogP contribution < -0.4 is 23.5 Å². The summed E-state index contributed by atoms with van der Waals surface area (Å²) in [6.45, 7) is 1.74. The van der Waals surface area contributed by atoms with Gasteiger partial charge in [-0.1, -0.05) is 51.4 Å². The molecular weight excluding hydrogens is 524 g/mol. The van der Waals surface area contributed by atoms with E-state index in [1.165, 1.54) is 37.7 Å². The maximum absolute atomic E-state index is 10.1. The highest BCUT2D eigenvalue weighted by Crippen LogP contribution is 2.40. The molecule has 9 heteroatoms. The summed E-state index contributed by atoms with van der Waals surface area (Å²) in [4.78, 5) is 14.5. The molecule has 0 saturated carbocycles. The molecule has 2 heterocycles. The number of nitrogens with zero attached hydrogens (tertiary/aromatic N) is 2. The van der Waals surface area contributed by atoms with Crippen molar-refractivity contribution in [1.29, 1.82) is 0 Å². The van der Waals surface area contributed by atoms with Gasteiger partial charge in [-0.3, -0.25) is 0 Å². The second-order valence-corrected chi connectivity index (χ2v) is 10.5. The maximum Gasteiger partial charge on any atom is 0.294 e. The summed E-state index contributed by atoms with van der Waals surface area (Å²) >= 11 is 0. The van der Waals surface area contributed by atoms with Gasteiger partial charge < -0.3 is 23.8 Å². The van der Waals surface area contributed by atoms with Gasteiger partial charge in [-0.2, -0.15) is 4.57 Å². The molecule has 0 N–H and O–H groups in total. The van der Waals surface area contributed by atoms with Crippen molar-refractivity contribution >= 4 is 10.8 Å². The first kappa shape index (κ1) is 30.2. The first-order chi connectivity index (χ1) is 20.0. The largest absolute Gasteiger partial charge is 0.493 e. The Bertz CT molecular complexity index is 1310. The van der Waals surface area contributed by atoms with Crippen molar-refractivity contribution in [2.75, 3.05) is 34.5 Å². The van der Waals surface area contributed by atoms with Crippen LogP contribution in [-0.2, 0) is 17.8 Å². The van der Waals surface area contributed by atoms with Gasteiger partial charge in [0.1, 0.15) is 0 Å². The van der Waals surface area contributed by atoms with Crippen LogP contribution >= 0.6 is 0 Å². The molecule has 0 bridgehead atoms. The number of hydrogen-bond donors (Lipinski definition) is 0. The van der Waals surface area contributed by atoms with Gasteiger partial charge >= 0.3 is 0 Å². The third kappa shape index (κ3) is 7.93. The number of aryl methyl sites for hydroxylation is 2. The molecule has 1 aliphatic rings. The second-order valence-electron chi connectivity index (χ2n) is 10.5. The summed E-state index contributed by atoms with van der Waals surface area (Å²) in [7, 11) is 5.03. The summed E-state index contributed by atoms with van der Waals surface area (Å²) in [5, 5.41) is 11.6. The number of unbranched alkanes of at least 4 members (excludes halogenated alkanes) is 9. The number of methoxy groups -OCH3 is 3. The molecule has 0 spiro atoms. The van der Waals surface area contributed by atoms with Crippen molar-refractivity contribution in [3.8, 4) is 34.3 Å². The number of aromatic nitrogens is 1. The highest BCUT2D eigenvalue weighted by Gasteiger charge is 2.27. The fourth-order valence-corrected chi connectivity index (χ4v) is 5.58. The van der Waals surface area contributed by atoms with Crippen molar-refractivity contribution in [3.63, 3.8) is 0 Å². The van der Waals surface area contributed by atoms with Crippen LogP contribution in [0.4, 0.5) is 0 Å². The van der Waals surface area contributed by atoms with Gasteiger partial charge in [0.25, 0.3) is 5.09 Å². The highest BCUT2D eigenvalue weighted by atomic mass is 16.9. The average Bonchev–Trinajstić information content (AvgIpc) is 2.99. The van der Waals surface area contributed by atoms with Crippen molar-refractivity contribution in [3.05, 3.63) is 52.2 Å². The Morgan fingerprint density at radius 1 is 0.780 bits per heavy atom. The van der Waals surface area contributed by atoms with Gasteiger partial charge in [0.05, 0.1) is 45.5 Å². The number of benzene rings is 2. The molecule has 0 aliphatic carbocycles. The highest BCUT2D eigenvalue weighted by molar-refractivity contribution is 5.91. The minimum atomic E-state index is -0.718. The Morgan fingerprint density at radius 2 is 1.39 bits per heavy atom. The first-order valence-corrected chi connectivity index (χ1v) is 14.7. The minimum Gasteiger partial charge on any atom is -0.493 e. The SMILES string of the molecule is COc1cc2c(cc1OC)-c1cc3ccc(OC)c(OCCCCCCCCCCCCO[N+](=O)[O-])c3c[n+]1CC2. The molecule has 0 amide bonds. The van der Waals surface area contributed by atoms with Crippen LogP contribution in [-0.4, -0.2) is 39.6 Å². The minimum absolute atomic E-state index is 0.209. The van der Waals surface area contributed by atoms with E-state index in [1.807, 2.05) is 6.07 Å². The number of hydrogen-bond acceptors (Lipinski definition) is 7. The maximum atomic E-state index is 10.1. The Kier molecular flexibility index (Phi) is 11.3. The van der Waals surface area contributed by atoms with E-state index in [2.05, 4.69) is 39.9 Å². The first-order valence-electron chi connectivity index (χ1n) is 14.7. The Balaban J connectivity index is 1.29. The zero-order chi connectivity index (χ0) is 29.0. The summed E-state index contributed by atoms with van der Waals surface area (Å²) < 4.78 is 25.4. The van der Waals surface area contributed by atoms with Gasteiger partial charge in [0.2, 0.25) is 5.69 Å². The van der Waals surface area contributed by atoms with Gasteiger partial charge in [0.15, 0.2) is 35.7 Å². The summed E-state index contributed by atoms with van der Waals surface area (Å²) in [5.41, 5.74) is 3.57. The quantitative estimate of drug-likeness (QED) is 0.0717. The summed E-state index contributed by atoms with van der Waals surface area (Å²) in [6, 6.07) is 10.5. The van der Waals surface area contributed by atoms with E-state index in [4.69, 9.17) is 18.9 Å². The number of pyridine rings is 1. The monoisotopic (exact) mass is 567 g/mol. The lowest BCUT2D eigenvalue weighted by molar-refractivity contribution is -0.757. The summed E-state index contributed by atoms with van der Waals surface area (Å²) in [6.07, 6.45) is 14.1. The lowest BCUT2D eigenvalue weighted by atomic mass is 9.95. The zero-order valence-electron chi connectivity index (χ0n) is 24.6. The molecule has 0 fully saturated rings. The van der Waals surface area contributed by atoms with Crippen LogP contribution in [0, 0.1) is 10.1 Å². The van der Waals surface area contributed by atoms with Crippen molar-refractivity contribution in [2.24, 2.45) is 0 Å². The molecule has 9 nitrogen and oxygen atoms in total. The van der Waals surface area contributed by atoms with E-state index in [0.717, 1.165) is 90.1 Å². The predicted octanol–water partition coefficient (Wildman–Crippen LogP) is 6.86. The van der Waals surface area contributed by atoms with Crippen LogP contribution in [0.3, 0.4) is 0 Å². The van der Waals surface area contributed by atoms with Crippen molar-refractivity contribution in [1.82, 2.24) is 0 Å².